The van der Waals surface area contributed by atoms with Crippen LogP contribution in [0.4, 0.5) is 5.95 Å². The summed E-state index contributed by atoms with van der Waals surface area (Å²) in [6.07, 6.45) is 1.81. The summed E-state index contributed by atoms with van der Waals surface area (Å²) in [4.78, 5) is 8.93. The van der Waals surface area contributed by atoms with E-state index in [1.165, 1.54) is 0 Å². The molecule has 0 saturated carbocycles. The van der Waals surface area contributed by atoms with Crippen LogP contribution in [0.2, 0.25) is 0 Å². The highest BCUT2D eigenvalue weighted by Crippen LogP contribution is 2.34. The molecule has 7 heteroatoms. The molecule has 0 aromatic carbocycles. The number of rotatable bonds is 3. The number of thiazole rings is 1. The van der Waals surface area contributed by atoms with Crippen LogP contribution in [-0.2, 0) is 12.1 Å². The van der Waals surface area contributed by atoms with Crippen LogP contribution in [0, 0.1) is 6.92 Å². The molecule has 0 amide bonds. The Morgan fingerprint density at radius 1 is 1.40 bits per heavy atom. The molecule has 0 aliphatic heterocycles. The van der Waals surface area contributed by atoms with Crippen molar-refractivity contribution in [2.45, 2.75) is 39.8 Å². The molecule has 3 rings (SSSR count). The van der Waals surface area contributed by atoms with E-state index in [9.17, 15) is 0 Å². The Hall–Kier alpha value is -1.89. The molecule has 6 nitrogen and oxygen atoms in total. The van der Waals surface area contributed by atoms with Gasteiger partial charge in [-0.3, -0.25) is 4.57 Å². The van der Waals surface area contributed by atoms with Gasteiger partial charge in [0.05, 0.1) is 11.2 Å². The topological polar surface area (TPSA) is 74.6 Å². The molecule has 2 N–H and O–H groups in total. The predicted octanol–water partition coefficient (Wildman–Crippen LogP) is 2.38. The largest absolute Gasteiger partial charge is 0.369 e. The van der Waals surface area contributed by atoms with Crippen molar-refractivity contribution in [2.75, 3.05) is 5.73 Å². The normalized spacial score (nSPS) is 12.4. The second kappa shape index (κ2) is 4.31. The summed E-state index contributed by atoms with van der Waals surface area (Å²) in [5, 5.41) is 7.51. The summed E-state index contributed by atoms with van der Waals surface area (Å²) in [7, 11) is 0. The van der Waals surface area contributed by atoms with Crippen LogP contribution >= 0.6 is 11.3 Å². The zero-order chi connectivity index (χ0) is 14.5. The molecule has 106 valence electrons. The van der Waals surface area contributed by atoms with E-state index >= 15 is 0 Å². The number of nitrogens with two attached hydrogens (primary N) is 1. The van der Waals surface area contributed by atoms with E-state index in [-0.39, 0.29) is 5.54 Å². The van der Waals surface area contributed by atoms with Gasteiger partial charge in [0, 0.05) is 18.1 Å². The molecular weight excluding hydrogens is 272 g/mol. The van der Waals surface area contributed by atoms with Crippen molar-refractivity contribution in [3.63, 3.8) is 0 Å². The maximum atomic E-state index is 6.17. The molecule has 0 saturated heterocycles. The highest BCUT2D eigenvalue weighted by atomic mass is 32.1. The first-order chi connectivity index (χ1) is 9.46. The number of nitrogens with zero attached hydrogens (tertiary/aromatic N) is 5. The fourth-order valence-corrected chi connectivity index (χ4v) is 3.33. The minimum atomic E-state index is -0.355. The summed E-state index contributed by atoms with van der Waals surface area (Å²) in [6, 6.07) is 0. The fourth-order valence-electron chi connectivity index (χ4n) is 2.58. The quantitative estimate of drug-likeness (QED) is 0.803. The Balaban J connectivity index is 2.33. The molecule has 0 aliphatic carbocycles. The van der Waals surface area contributed by atoms with Gasteiger partial charge >= 0.3 is 0 Å². The molecule has 3 heterocycles. The number of anilines is 1. The smallest absolute Gasteiger partial charge is 0.203 e. The van der Waals surface area contributed by atoms with Crippen molar-refractivity contribution in [3.8, 4) is 0 Å². The highest BCUT2D eigenvalue weighted by molar-refractivity contribution is 7.09. The summed E-state index contributed by atoms with van der Waals surface area (Å²) in [5.74, 6) is 0.503. The Kier molecular flexibility index (Phi) is 2.82. The standard InChI is InChI=1S/C13H18N6S/c1-5-18-10-9(8(2)17-18)16-12(14)19(10)13(3,4)11-15-6-7-20-11/h6-7H,5H2,1-4H3,(H2,14,16). The van der Waals surface area contributed by atoms with Crippen LogP contribution in [0.1, 0.15) is 31.5 Å². The van der Waals surface area contributed by atoms with Crippen molar-refractivity contribution in [2.24, 2.45) is 0 Å². The van der Waals surface area contributed by atoms with Gasteiger partial charge in [0.2, 0.25) is 5.95 Å². The minimum Gasteiger partial charge on any atom is -0.369 e. The molecule has 0 fully saturated rings. The van der Waals surface area contributed by atoms with Gasteiger partial charge in [-0.1, -0.05) is 0 Å². The number of nitrogen functional groups attached to an aromatic ring is 1. The molecule has 0 radical (unpaired) electrons. The second-order valence-corrected chi connectivity index (χ2v) is 6.17. The monoisotopic (exact) mass is 290 g/mol. The lowest BCUT2D eigenvalue weighted by Crippen LogP contribution is -2.29. The van der Waals surface area contributed by atoms with Crippen LogP contribution < -0.4 is 5.73 Å². The van der Waals surface area contributed by atoms with Crippen LogP contribution in [0.25, 0.3) is 11.2 Å². The van der Waals surface area contributed by atoms with Crippen molar-refractivity contribution < 1.29 is 0 Å². The first-order valence-electron chi connectivity index (χ1n) is 6.58. The van der Waals surface area contributed by atoms with E-state index in [1.807, 2.05) is 27.7 Å². The van der Waals surface area contributed by atoms with Gasteiger partial charge in [0.25, 0.3) is 0 Å². The first kappa shape index (κ1) is 13.1. The van der Waals surface area contributed by atoms with Gasteiger partial charge in [0.1, 0.15) is 10.5 Å². The van der Waals surface area contributed by atoms with Gasteiger partial charge in [-0.25, -0.2) is 14.6 Å². The van der Waals surface area contributed by atoms with Crippen molar-refractivity contribution >= 4 is 28.4 Å². The summed E-state index contributed by atoms with van der Waals surface area (Å²) >= 11 is 1.62. The van der Waals surface area contributed by atoms with Gasteiger partial charge in [-0.2, -0.15) is 5.10 Å². The molecule has 3 aromatic rings. The van der Waals surface area contributed by atoms with Gasteiger partial charge in [-0.15, -0.1) is 11.3 Å². The van der Waals surface area contributed by atoms with Crippen molar-refractivity contribution in [1.29, 1.82) is 0 Å². The third-order valence-corrected chi connectivity index (χ3v) is 4.64. The van der Waals surface area contributed by atoms with E-state index < -0.39 is 0 Å². The van der Waals surface area contributed by atoms with E-state index in [4.69, 9.17) is 5.73 Å². The van der Waals surface area contributed by atoms with E-state index in [0.717, 1.165) is 28.4 Å². The number of hydrogen-bond acceptors (Lipinski definition) is 5. The molecule has 0 spiro atoms. The van der Waals surface area contributed by atoms with Crippen LogP contribution in [-0.4, -0.2) is 24.3 Å². The zero-order valence-electron chi connectivity index (χ0n) is 12.1. The maximum Gasteiger partial charge on any atom is 0.203 e. The predicted molar refractivity (Wildman–Crippen MR) is 80.9 cm³/mol. The number of aromatic nitrogens is 5. The molecule has 20 heavy (non-hydrogen) atoms. The third kappa shape index (κ3) is 1.66. The second-order valence-electron chi connectivity index (χ2n) is 5.28. The number of hydrogen-bond donors (Lipinski definition) is 1. The van der Waals surface area contributed by atoms with Gasteiger partial charge in [-0.05, 0) is 27.7 Å². The van der Waals surface area contributed by atoms with Gasteiger partial charge < -0.3 is 5.73 Å². The number of aryl methyl sites for hydroxylation is 2. The molecule has 0 atom stereocenters. The lowest BCUT2D eigenvalue weighted by atomic mass is 10.1. The summed E-state index contributed by atoms with van der Waals surface area (Å²) in [5.41, 5.74) is 8.55. The molecular formula is C13H18N6S. The Morgan fingerprint density at radius 2 is 2.15 bits per heavy atom. The van der Waals surface area contributed by atoms with E-state index in [2.05, 4.69) is 35.8 Å². The summed E-state index contributed by atoms with van der Waals surface area (Å²) < 4.78 is 3.98. The van der Waals surface area contributed by atoms with Crippen LogP contribution in [0.15, 0.2) is 11.6 Å². The van der Waals surface area contributed by atoms with Crippen LogP contribution in [0.3, 0.4) is 0 Å². The van der Waals surface area contributed by atoms with Crippen LogP contribution in [0.5, 0.6) is 0 Å². The minimum absolute atomic E-state index is 0.355. The molecule has 3 aromatic heterocycles. The lowest BCUT2D eigenvalue weighted by molar-refractivity contribution is 0.441. The third-order valence-electron chi connectivity index (χ3n) is 3.55. The Morgan fingerprint density at radius 3 is 2.75 bits per heavy atom. The average molecular weight is 290 g/mol. The zero-order valence-corrected chi connectivity index (χ0v) is 12.9. The maximum absolute atomic E-state index is 6.17. The molecule has 0 aliphatic rings. The Labute approximate surface area is 121 Å². The number of imidazole rings is 1. The summed E-state index contributed by atoms with van der Waals surface area (Å²) in [6.45, 7) is 9.01. The van der Waals surface area contributed by atoms with Gasteiger partial charge in [0.15, 0.2) is 5.65 Å². The van der Waals surface area contributed by atoms with Crippen molar-refractivity contribution in [3.05, 3.63) is 22.3 Å². The average Bonchev–Trinajstić information content (AvgIpc) is 3.07. The van der Waals surface area contributed by atoms with E-state index in [0.29, 0.717) is 5.95 Å². The fraction of sp³-hybridized carbons (Fsp3) is 0.462. The number of fused-ring (bicyclic) bond motifs is 1. The van der Waals surface area contributed by atoms with Crippen molar-refractivity contribution in [1.82, 2.24) is 24.3 Å². The van der Waals surface area contributed by atoms with E-state index in [1.54, 1.807) is 11.3 Å². The molecule has 0 unspecified atom stereocenters. The first-order valence-corrected chi connectivity index (χ1v) is 7.46. The lowest BCUT2D eigenvalue weighted by Gasteiger charge is -2.26. The SMILES string of the molecule is CCn1nc(C)c2nc(N)n(C(C)(C)c3nccs3)c21. The molecule has 0 bridgehead atoms. The Bertz CT molecular complexity index is 750. The highest BCUT2D eigenvalue weighted by Gasteiger charge is 2.32.